The summed E-state index contributed by atoms with van der Waals surface area (Å²) in [6.07, 6.45) is 6.14. The Balaban J connectivity index is 1.46. The van der Waals surface area contributed by atoms with Crippen LogP contribution in [0.5, 0.6) is 0 Å². The van der Waals surface area contributed by atoms with Crippen LogP contribution in [0.15, 0.2) is 24.3 Å². The molecule has 0 bridgehead atoms. The standard InChI is InChI=1S/C19H30N2O/c1-15(22)14-21-11-9-16(10-12-21)13-20-19-8-4-6-17-5-2-3-7-18(17)19/h2-3,5,7,15-16,19-20,22H,4,6,8-14H2,1H3/t15-,19-/m0/s1. The second kappa shape index (κ2) is 7.58. The molecule has 0 spiro atoms. The molecule has 0 radical (unpaired) electrons. The fourth-order valence-corrected chi connectivity index (χ4v) is 4.02. The van der Waals surface area contributed by atoms with E-state index in [1.54, 1.807) is 0 Å². The minimum Gasteiger partial charge on any atom is -0.392 e. The summed E-state index contributed by atoms with van der Waals surface area (Å²) >= 11 is 0. The Labute approximate surface area is 134 Å². The number of aryl methyl sites for hydroxylation is 1. The van der Waals surface area contributed by atoms with Crippen LogP contribution in [0.25, 0.3) is 0 Å². The minimum absolute atomic E-state index is 0.201. The van der Waals surface area contributed by atoms with Crippen molar-refractivity contribution in [2.75, 3.05) is 26.2 Å². The van der Waals surface area contributed by atoms with Crippen LogP contribution >= 0.6 is 0 Å². The SMILES string of the molecule is C[C@H](O)CN1CCC(CN[C@H]2CCCc3ccccc32)CC1. The third kappa shape index (κ3) is 4.09. The summed E-state index contributed by atoms with van der Waals surface area (Å²) in [5.41, 5.74) is 3.07. The molecule has 0 unspecified atom stereocenters. The molecule has 122 valence electrons. The number of rotatable bonds is 5. The van der Waals surface area contributed by atoms with Crippen LogP contribution in [0, 0.1) is 5.92 Å². The molecule has 1 aliphatic carbocycles. The lowest BCUT2D eigenvalue weighted by molar-refractivity contribution is 0.0991. The van der Waals surface area contributed by atoms with Crippen molar-refractivity contribution in [1.82, 2.24) is 10.2 Å². The molecular formula is C19H30N2O. The van der Waals surface area contributed by atoms with Gasteiger partial charge in [0.2, 0.25) is 0 Å². The molecule has 3 nitrogen and oxygen atoms in total. The summed E-state index contributed by atoms with van der Waals surface area (Å²) in [6.45, 7) is 6.13. The van der Waals surface area contributed by atoms with E-state index in [9.17, 15) is 5.11 Å². The van der Waals surface area contributed by atoms with Crippen LogP contribution in [0.3, 0.4) is 0 Å². The summed E-state index contributed by atoms with van der Waals surface area (Å²) in [6, 6.07) is 9.49. The number of benzene rings is 1. The van der Waals surface area contributed by atoms with Crippen LogP contribution in [0.2, 0.25) is 0 Å². The van der Waals surface area contributed by atoms with E-state index >= 15 is 0 Å². The van der Waals surface area contributed by atoms with Crippen molar-refractivity contribution in [3.63, 3.8) is 0 Å². The van der Waals surface area contributed by atoms with Gasteiger partial charge in [-0.1, -0.05) is 24.3 Å². The third-order valence-electron chi connectivity index (χ3n) is 5.25. The fraction of sp³-hybridized carbons (Fsp3) is 0.684. The van der Waals surface area contributed by atoms with Crippen LogP contribution in [-0.2, 0) is 6.42 Å². The van der Waals surface area contributed by atoms with Gasteiger partial charge in [-0.25, -0.2) is 0 Å². The maximum Gasteiger partial charge on any atom is 0.0639 e. The molecule has 1 saturated heterocycles. The van der Waals surface area contributed by atoms with Crippen molar-refractivity contribution in [3.05, 3.63) is 35.4 Å². The first-order chi connectivity index (χ1) is 10.7. The number of β-amino-alcohol motifs (C(OH)–C–C–N with tert-alkyl or cyclic N) is 1. The number of nitrogens with one attached hydrogen (secondary N) is 1. The first-order valence-electron chi connectivity index (χ1n) is 8.94. The number of nitrogens with zero attached hydrogens (tertiary/aromatic N) is 1. The van der Waals surface area contributed by atoms with Crippen molar-refractivity contribution >= 4 is 0 Å². The second-order valence-electron chi connectivity index (χ2n) is 7.14. The highest BCUT2D eigenvalue weighted by Crippen LogP contribution is 2.30. The molecule has 0 aromatic heterocycles. The number of likely N-dealkylation sites (tertiary alicyclic amines) is 1. The zero-order valence-corrected chi connectivity index (χ0v) is 13.8. The van der Waals surface area contributed by atoms with Gasteiger partial charge in [-0.2, -0.15) is 0 Å². The molecule has 1 aromatic rings. The molecule has 1 fully saturated rings. The molecule has 3 heteroatoms. The van der Waals surface area contributed by atoms with Gasteiger partial charge in [0.15, 0.2) is 0 Å². The van der Waals surface area contributed by atoms with E-state index < -0.39 is 0 Å². The topological polar surface area (TPSA) is 35.5 Å². The van der Waals surface area contributed by atoms with Crippen molar-refractivity contribution < 1.29 is 5.11 Å². The van der Waals surface area contributed by atoms with E-state index in [1.165, 1.54) is 43.2 Å². The number of hydrogen-bond donors (Lipinski definition) is 2. The van der Waals surface area contributed by atoms with E-state index in [2.05, 4.69) is 34.5 Å². The lowest BCUT2D eigenvalue weighted by atomic mass is 9.87. The van der Waals surface area contributed by atoms with Gasteiger partial charge >= 0.3 is 0 Å². The molecule has 1 heterocycles. The largest absolute Gasteiger partial charge is 0.392 e. The van der Waals surface area contributed by atoms with Gasteiger partial charge in [0.1, 0.15) is 0 Å². The van der Waals surface area contributed by atoms with Gasteiger partial charge in [-0.05, 0) is 75.7 Å². The molecule has 2 aliphatic rings. The molecule has 3 rings (SSSR count). The number of fused-ring (bicyclic) bond motifs is 1. The zero-order valence-electron chi connectivity index (χ0n) is 13.8. The maximum absolute atomic E-state index is 9.48. The van der Waals surface area contributed by atoms with Crippen LogP contribution in [-0.4, -0.2) is 42.3 Å². The van der Waals surface area contributed by atoms with E-state index in [0.29, 0.717) is 6.04 Å². The molecular weight excluding hydrogens is 272 g/mol. The second-order valence-corrected chi connectivity index (χ2v) is 7.14. The van der Waals surface area contributed by atoms with E-state index in [1.807, 2.05) is 6.92 Å². The van der Waals surface area contributed by atoms with Crippen LogP contribution < -0.4 is 5.32 Å². The third-order valence-corrected chi connectivity index (χ3v) is 5.25. The Bertz CT molecular complexity index is 466. The number of aliphatic hydroxyl groups is 1. The molecule has 0 saturated carbocycles. The van der Waals surface area contributed by atoms with E-state index in [-0.39, 0.29) is 6.10 Å². The maximum atomic E-state index is 9.48. The normalized spacial score (nSPS) is 24.9. The molecule has 22 heavy (non-hydrogen) atoms. The quantitative estimate of drug-likeness (QED) is 0.878. The lowest BCUT2D eigenvalue weighted by Crippen LogP contribution is -2.41. The van der Waals surface area contributed by atoms with Crippen molar-refractivity contribution in [3.8, 4) is 0 Å². The number of aliphatic hydroxyl groups excluding tert-OH is 1. The summed E-state index contributed by atoms with van der Waals surface area (Å²) in [5, 5.41) is 13.3. The molecule has 2 atom stereocenters. The Morgan fingerprint density at radius 3 is 2.77 bits per heavy atom. The monoisotopic (exact) mass is 302 g/mol. The molecule has 2 N–H and O–H groups in total. The average Bonchev–Trinajstić information content (AvgIpc) is 2.54. The van der Waals surface area contributed by atoms with Gasteiger partial charge in [0.25, 0.3) is 0 Å². The summed E-state index contributed by atoms with van der Waals surface area (Å²) in [4.78, 5) is 2.40. The Morgan fingerprint density at radius 2 is 2.00 bits per heavy atom. The number of piperidine rings is 1. The van der Waals surface area contributed by atoms with Crippen LogP contribution in [0.4, 0.5) is 0 Å². The predicted octanol–water partition coefficient (Wildman–Crippen LogP) is 2.75. The highest BCUT2D eigenvalue weighted by Gasteiger charge is 2.23. The summed E-state index contributed by atoms with van der Waals surface area (Å²) in [7, 11) is 0. The van der Waals surface area contributed by atoms with Gasteiger partial charge in [0.05, 0.1) is 6.10 Å². The van der Waals surface area contributed by atoms with Gasteiger partial charge < -0.3 is 15.3 Å². The molecule has 1 aromatic carbocycles. The Morgan fingerprint density at radius 1 is 1.23 bits per heavy atom. The predicted molar refractivity (Wildman–Crippen MR) is 91.0 cm³/mol. The van der Waals surface area contributed by atoms with Gasteiger partial charge in [-0.3, -0.25) is 0 Å². The zero-order chi connectivity index (χ0) is 15.4. The first-order valence-corrected chi connectivity index (χ1v) is 8.94. The van der Waals surface area contributed by atoms with Crippen LogP contribution in [0.1, 0.15) is 49.8 Å². The smallest absolute Gasteiger partial charge is 0.0639 e. The first kappa shape index (κ1) is 16.0. The van der Waals surface area contributed by atoms with E-state index in [0.717, 1.165) is 32.1 Å². The Kier molecular flexibility index (Phi) is 5.51. The number of hydrogen-bond acceptors (Lipinski definition) is 3. The summed E-state index contributed by atoms with van der Waals surface area (Å²) < 4.78 is 0. The highest BCUT2D eigenvalue weighted by atomic mass is 16.3. The van der Waals surface area contributed by atoms with Crippen molar-refractivity contribution in [1.29, 1.82) is 0 Å². The average molecular weight is 302 g/mol. The van der Waals surface area contributed by atoms with Crippen molar-refractivity contribution in [2.24, 2.45) is 5.92 Å². The summed E-state index contributed by atoms with van der Waals surface area (Å²) in [5.74, 6) is 0.791. The molecule has 1 aliphatic heterocycles. The fourth-order valence-electron chi connectivity index (χ4n) is 4.02. The Hall–Kier alpha value is -0.900. The van der Waals surface area contributed by atoms with Crippen molar-refractivity contribution in [2.45, 2.75) is 51.2 Å². The minimum atomic E-state index is -0.201. The highest BCUT2D eigenvalue weighted by molar-refractivity contribution is 5.32. The van der Waals surface area contributed by atoms with Gasteiger partial charge in [-0.15, -0.1) is 0 Å². The van der Waals surface area contributed by atoms with E-state index in [4.69, 9.17) is 0 Å². The molecule has 0 amide bonds. The lowest BCUT2D eigenvalue weighted by Gasteiger charge is -2.34. The van der Waals surface area contributed by atoms with Gasteiger partial charge in [0, 0.05) is 12.6 Å².